The Labute approximate surface area is 103 Å². The molecule has 0 aromatic heterocycles. The highest BCUT2D eigenvalue weighted by Gasteiger charge is 2.15. The molecule has 0 saturated heterocycles. The van der Waals surface area contributed by atoms with Gasteiger partial charge in [0.2, 0.25) is 0 Å². The minimum absolute atomic E-state index is 0.0324. The molecule has 0 bridgehead atoms. The lowest BCUT2D eigenvalue weighted by molar-refractivity contribution is 0.112. The molecule has 0 spiro atoms. The molecule has 2 heteroatoms. The number of benzene rings is 1. The fourth-order valence-electron chi connectivity index (χ4n) is 1.44. The largest absolute Gasteiger partial charge is 0.489 e. The average molecular weight is 232 g/mol. The number of hydrogen-bond acceptors (Lipinski definition) is 2. The Balaban J connectivity index is 3.01. The standard InChI is InChI=1S/C15H20O2/c1-11(2)10-17-14-7-6-13(15(3,4)5)8-12(14)9-16/h6-9H,1,10H2,2-5H3. The number of rotatable bonds is 4. The molecular weight excluding hydrogens is 212 g/mol. The average Bonchev–Trinajstić information content (AvgIpc) is 2.24. The first kappa shape index (κ1) is 13.5. The van der Waals surface area contributed by atoms with Crippen molar-refractivity contribution in [1.29, 1.82) is 0 Å². The van der Waals surface area contributed by atoms with E-state index in [4.69, 9.17) is 4.74 Å². The van der Waals surface area contributed by atoms with E-state index in [-0.39, 0.29) is 5.41 Å². The van der Waals surface area contributed by atoms with E-state index in [9.17, 15) is 4.79 Å². The molecule has 92 valence electrons. The number of hydrogen-bond donors (Lipinski definition) is 0. The first-order chi connectivity index (χ1) is 7.84. The molecule has 0 aliphatic heterocycles. The Bertz CT molecular complexity index is 425. The van der Waals surface area contributed by atoms with Crippen LogP contribution in [-0.2, 0) is 5.41 Å². The van der Waals surface area contributed by atoms with E-state index in [1.54, 1.807) is 0 Å². The van der Waals surface area contributed by atoms with Crippen LogP contribution < -0.4 is 4.74 Å². The third kappa shape index (κ3) is 3.74. The predicted octanol–water partition coefficient (Wildman–Crippen LogP) is 3.75. The number of ether oxygens (including phenoxy) is 1. The van der Waals surface area contributed by atoms with Gasteiger partial charge in [0.15, 0.2) is 6.29 Å². The van der Waals surface area contributed by atoms with Gasteiger partial charge in [-0.25, -0.2) is 0 Å². The zero-order valence-electron chi connectivity index (χ0n) is 11.0. The van der Waals surface area contributed by atoms with Crippen LogP contribution in [0.4, 0.5) is 0 Å². The van der Waals surface area contributed by atoms with E-state index in [1.807, 2.05) is 25.1 Å². The van der Waals surface area contributed by atoms with Gasteiger partial charge in [-0.3, -0.25) is 4.79 Å². The normalized spacial score (nSPS) is 11.1. The van der Waals surface area contributed by atoms with Crippen LogP contribution in [0.15, 0.2) is 30.4 Å². The topological polar surface area (TPSA) is 26.3 Å². The highest BCUT2D eigenvalue weighted by molar-refractivity contribution is 5.79. The lowest BCUT2D eigenvalue weighted by Gasteiger charge is -2.20. The Hall–Kier alpha value is -1.57. The van der Waals surface area contributed by atoms with Gasteiger partial charge in [-0.1, -0.05) is 33.4 Å². The van der Waals surface area contributed by atoms with E-state index >= 15 is 0 Å². The molecule has 1 aromatic carbocycles. The van der Waals surface area contributed by atoms with E-state index < -0.39 is 0 Å². The summed E-state index contributed by atoms with van der Waals surface area (Å²) < 4.78 is 5.53. The van der Waals surface area contributed by atoms with Crippen LogP contribution in [0.2, 0.25) is 0 Å². The fraction of sp³-hybridized carbons (Fsp3) is 0.400. The van der Waals surface area contributed by atoms with Crippen molar-refractivity contribution in [3.63, 3.8) is 0 Å². The quantitative estimate of drug-likeness (QED) is 0.583. The lowest BCUT2D eigenvalue weighted by atomic mass is 9.86. The minimum atomic E-state index is 0.0324. The number of carbonyl (C=O) groups excluding carboxylic acids is 1. The van der Waals surface area contributed by atoms with Crippen molar-refractivity contribution in [3.05, 3.63) is 41.5 Å². The third-order valence-electron chi connectivity index (χ3n) is 2.48. The molecule has 0 heterocycles. The predicted molar refractivity (Wildman–Crippen MR) is 70.8 cm³/mol. The van der Waals surface area contributed by atoms with Gasteiger partial charge in [-0.05, 0) is 35.6 Å². The van der Waals surface area contributed by atoms with Crippen molar-refractivity contribution in [1.82, 2.24) is 0 Å². The van der Waals surface area contributed by atoms with Gasteiger partial charge in [0.05, 0.1) is 5.56 Å². The summed E-state index contributed by atoms with van der Waals surface area (Å²) in [5.41, 5.74) is 2.69. The van der Waals surface area contributed by atoms with Gasteiger partial charge in [-0.15, -0.1) is 0 Å². The molecule has 17 heavy (non-hydrogen) atoms. The molecule has 0 N–H and O–H groups in total. The van der Waals surface area contributed by atoms with Gasteiger partial charge < -0.3 is 4.74 Å². The van der Waals surface area contributed by atoms with Gasteiger partial charge >= 0.3 is 0 Å². The molecule has 2 nitrogen and oxygen atoms in total. The third-order valence-corrected chi connectivity index (χ3v) is 2.48. The van der Waals surface area contributed by atoms with Crippen LogP contribution in [0.1, 0.15) is 43.6 Å². The second-order valence-corrected chi connectivity index (χ2v) is 5.37. The van der Waals surface area contributed by atoms with E-state index in [0.29, 0.717) is 17.9 Å². The zero-order valence-corrected chi connectivity index (χ0v) is 11.0. The maximum absolute atomic E-state index is 11.0. The SMILES string of the molecule is C=C(C)COc1ccc(C(C)(C)C)cc1C=O. The van der Waals surface area contributed by atoms with Crippen LogP contribution in [0, 0.1) is 0 Å². The molecule has 1 rings (SSSR count). The Morgan fingerprint density at radius 3 is 2.53 bits per heavy atom. The van der Waals surface area contributed by atoms with E-state index in [1.165, 1.54) is 0 Å². The minimum Gasteiger partial charge on any atom is -0.489 e. The highest BCUT2D eigenvalue weighted by Crippen LogP contribution is 2.27. The summed E-state index contributed by atoms with van der Waals surface area (Å²) >= 11 is 0. The Morgan fingerprint density at radius 2 is 2.06 bits per heavy atom. The number of aldehydes is 1. The van der Waals surface area contributed by atoms with Crippen molar-refractivity contribution in [2.24, 2.45) is 0 Å². The van der Waals surface area contributed by atoms with Crippen LogP contribution >= 0.6 is 0 Å². The fourth-order valence-corrected chi connectivity index (χ4v) is 1.44. The maximum Gasteiger partial charge on any atom is 0.153 e. The summed E-state index contributed by atoms with van der Waals surface area (Å²) in [6, 6.07) is 5.74. The summed E-state index contributed by atoms with van der Waals surface area (Å²) in [6.45, 7) is 12.5. The second-order valence-electron chi connectivity index (χ2n) is 5.37. The van der Waals surface area contributed by atoms with E-state index in [0.717, 1.165) is 17.4 Å². The maximum atomic E-state index is 11.0. The van der Waals surface area contributed by atoms with Gasteiger partial charge in [0.1, 0.15) is 12.4 Å². The zero-order chi connectivity index (χ0) is 13.1. The first-order valence-corrected chi connectivity index (χ1v) is 5.71. The molecule has 0 aliphatic rings. The van der Waals surface area contributed by atoms with Crippen molar-refractivity contribution in [2.45, 2.75) is 33.1 Å². The summed E-state index contributed by atoms with van der Waals surface area (Å²) in [7, 11) is 0. The lowest BCUT2D eigenvalue weighted by Crippen LogP contribution is -2.12. The highest BCUT2D eigenvalue weighted by atomic mass is 16.5. The monoisotopic (exact) mass is 232 g/mol. The second kappa shape index (κ2) is 5.17. The molecule has 0 radical (unpaired) electrons. The van der Waals surface area contributed by atoms with Gasteiger partial charge in [0.25, 0.3) is 0 Å². The van der Waals surface area contributed by atoms with Crippen LogP contribution in [0.25, 0.3) is 0 Å². The van der Waals surface area contributed by atoms with Crippen molar-refractivity contribution >= 4 is 6.29 Å². The molecule has 1 aromatic rings. The molecular formula is C15H20O2. The van der Waals surface area contributed by atoms with Crippen molar-refractivity contribution < 1.29 is 9.53 Å². The molecule has 0 unspecified atom stereocenters. The molecule has 0 aliphatic carbocycles. The number of carbonyl (C=O) groups is 1. The smallest absolute Gasteiger partial charge is 0.153 e. The van der Waals surface area contributed by atoms with E-state index in [2.05, 4.69) is 27.4 Å². The van der Waals surface area contributed by atoms with Crippen LogP contribution in [-0.4, -0.2) is 12.9 Å². The summed E-state index contributed by atoms with van der Waals surface area (Å²) in [5, 5.41) is 0. The molecule has 0 saturated carbocycles. The Kier molecular flexibility index (Phi) is 4.11. The van der Waals surface area contributed by atoms with Gasteiger partial charge in [-0.2, -0.15) is 0 Å². The summed E-state index contributed by atoms with van der Waals surface area (Å²) in [4.78, 5) is 11.0. The first-order valence-electron chi connectivity index (χ1n) is 5.71. The van der Waals surface area contributed by atoms with Gasteiger partial charge in [0, 0.05) is 0 Å². The van der Waals surface area contributed by atoms with Crippen molar-refractivity contribution in [3.8, 4) is 5.75 Å². The Morgan fingerprint density at radius 1 is 1.41 bits per heavy atom. The van der Waals surface area contributed by atoms with Crippen LogP contribution in [0.5, 0.6) is 5.75 Å². The van der Waals surface area contributed by atoms with Crippen LogP contribution in [0.3, 0.4) is 0 Å². The van der Waals surface area contributed by atoms with Crippen molar-refractivity contribution in [2.75, 3.05) is 6.61 Å². The molecule has 0 atom stereocenters. The molecule has 0 amide bonds. The summed E-state index contributed by atoms with van der Waals surface area (Å²) in [6.07, 6.45) is 0.836. The molecule has 0 fully saturated rings. The summed E-state index contributed by atoms with van der Waals surface area (Å²) in [5.74, 6) is 0.621.